The van der Waals surface area contributed by atoms with Crippen LogP contribution in [0.25, 0.3) is 9.81 Å². The maximum atomic E-state index is 15.9. The average molecular weight is 1000 g/mol. The molecule has 0 saturated heterocycles. The van der Waals surface area contributed by atoms with Crippen molar-refractivity contribution in [2.45, 2.75) is 90.8 Å². The van der Waals surface area contributed by atoms with Gasteiger partial charge in [0.05, 0.1) is 21.9 Å². The van der Waals surface area contributed by atoms with E-state index in [0.717, 1.165) is 22.3 Å². The van der Waals surface area contributed by atoms with Gasteiger partial charge in [0, 0.05) is 0 Å². The van der Waals surface area contributed by atoms with Gasteiger partial charge < -0.3 is 30.7 Å². The lowest BCUT2D eigenvalue weighted by molar-refractivity contribution is -0.124. The van der Waals surface area contributed by atoms with Gasteiger partial charge in [-0.2, -0.15) is 0 Å². The Hall–Kier alpha value is -7.77. The van der Waals surface area contributed by atoms with E-state index in [2.05, 4.69) is 21.3 Å². The monoisotopic (exact) mass is 1000 g/mol. The van der Waals surface area contributed by atoms with Crippen LogP contribution in [0.3, 0.4) is 0 Å². The summed E-state index contributed by atoms with van der Waals surface area (Å²) in [6.45, 7) is 7.76. The minimum Gasteiger partial charge on any atom is -0.445 e. The van der Waals surface area contributed by atoms with E-state index in [9.17, 15) is 19.2 Å². The molecule has 4 atom stereocenters. The van der Waals surface area contributed by atoms with Crippen LogP contribution in [0.15, 0.2) is 194 Å². The van der Waals surface area contributed by atoms with Crippen LogP contribution >= 0.6 is 0 Å². The molecule has 380 valence electrons. The molecule has 0 aliphatic carbocycles. The van der Waals surface area contributed by atoms with Crippen molar-refractivity contribution in [3.63, 3.8) is 0 Å². The lowest BCUT2D eigenvalue weighted by Gasteiger charge is -2.25. The number of alkyl carbamates (subject to hydrolysis) is 2. The highest BCUT2D eigenvalue weighted by Gasteiger charge is 2.32. The number of carbonyl (C=O) groups is 4. The Bertz CT molecular complexity index is 2660. The second kappa shape index (κ2) is 27.7. The summed E-state index contributed by atoms with van der Waals surface area (Å²) in [6, 6.07) is 50.6. The van der Waals surface area contributed by atoms with E-state index in [1.807, 2.05) is 149 Å². The summed E-state index contributed by atoms with van der Waals surface area (Å²) in [4.78, 5) is 55.2. The van der Waals surface area contributed by atoms with Gasteiger partial charge in [0.2, 0.25) is 21.7 Å². The maximum absolute atomic E-state index is 15.9. The molecule has 0 aliphatic heterocycles. The predicted octanol–water partition coefficient (Wildman–Crippen LogP) is 10.6. The summed E-state index contributed by atoms with van der Waals surface area (Å²) in [6.07, 6.45) is 2.52. The Balaban J connectivity index is 1.40. The summed E-state index contributed by atoms with van der Waals surface area (Å²) < 4.78 is 42.8. The van der Waals surface area contributed by atoms with Crippen molar-refractivity contribution in [2.24, 2.45) is 11.8 Å². The molecule has 73 heavy (non-hydrogen) atoms. The second-order valence-electron chi connectivity index (χ2n) is 18.7. The standard InChI is InChI=1S/C60H66N4O8S/c1-43(2)35-53(63-59(67)71-41-47-27-15-7-16-28-47)57(65)61-51(37-45-23-11-5-12-24-45)39-55(49-31-19-9-20-32-49)73(69,70)56(50-33-21-10-22-34-50)40-52(38-46-25-13-6-14-26-46)62-58(66)54(36-44(3)4)64-60(68)72-42-48-29-17-8-18-30-48/h5-34,39-40,43-44,51-54H,35-38,41-42H2,1-4H3,(H,61,65)(H,62,66)(H,63,67)(H,64,68)/t51-,52-,53-,54-/m0/s1. The lowest BCUT2D eigenvalue weighted by Crippen LogP contribution is -2.50. The fourth-order valence-electron chi connectivity index (χ4n) is 8.20. The van der Waals surface area contributed by atoms with Gasteiger partial charge in [-0.05, 0) is 83.1 Å². The van der Waals surface area contributed by atoms with E-state index >= 15 is 8.42 Å². The van der Waals surface area contributed by atoms with E-state index in [4.69, 9.17) is 9.47 Å². The number of carbonyl (C=O) groups excluding carboxylic acids is 4. The molecule has 0 bridgehead atoms. The van der Waals surface area contributed by atoms with Gasteiger partial charge in [-0.25, -0.2) is 18.0 Å². The van der Waals surface area contributed by atoms with Crippen molar-refractivity contribution >= 4 is 43.6 Å². The Morgan fingerprint density at radius 2 is 0.712 bits per heavy atom. The molecule has 0 spiro atoms. The van der Waals surface area contributed by atoms with Gasteiger partial charge in [0.1, 0.15) is 25.3 Å². The molecule has 0 fully saturated rings. The number of sulfone groups is 1. The highest BCUT2D eigenvalue weighted by molar-refractivity contribution is 8.09. The van der Waals surface area contributed by atoms with Gasteiger partial charge in [0.15, 0.2) is 0 Å². The van der Waals surface area contributed by atoms with Crippen molar-refractivity contribution in [1.82, 2.24) is 21.3 Å². The number of hydrogen-bond donors (Lipinski definition) is 4. The third-order valence-corrected chi connectivity index (χ3v) is 13.6. The Morgan fingerprint density at radius 1 is 0.425 bits per heavy atom. The predicted molar refractivity (Wildman–Crippen MR) is 288 cm³/mol. The van der Waals surface area contributed by atoms with Crippen LogP contribution in [-0.2, 0) is 55.0 Å². The summed E-state index contributed by atoms with van der Waals surface area (Å²) in [7, 11) is -4.56. The third-order valence-electron chi connectivity index (χ3n) is 11.7. The number of rotatable bonds is 24. The van der Waals surface area contributed by atoms with Gasteiger partial charge in [0.25, 0.3) is 0 Å². The van der Waals surface area contributed by atoms with Crippen LogP contribution in [0.5, 0.6) is 0 Å². The number of benzene rings is 6. The molecule has 6 aromatic carbocycles. The van der Waals surface area contributed by atoms with Crippen LogP contribution < -0.4 is 21.3 Å². The van der Waals surface area contributed by atoms with Gasteiger partial charge >= 0.3 is 12.2 Å². The minimum absolute atomic E-state index is 0.00670. The zero-order valence-electron chi connectivity index (χ0n) is 41.9. The number of nitrogens with one attached hydrogen (secondary N) is 4. The summed E-state index contributed by atoms with van der Waals surface area (Å²) in [5, 5.41) is 11.7. The normalized spacial score (nSPS) is 13.5. The summed E-state index contributed by atoms with van der Waals surface area (Å²) in [5.41, 5.74) is 3.93. The lowest BCUT2D eigenvalue weighted by atomic mass is 10.0. The fourth-order valence-corrected chi connectivity index (χ4v) is 10.0. The van der Waals surface area contributed by atoms with Crippen LogP contribution in [0.1, 0.15) is 73.9 Å². The van der Waals surface area contributed by atoms with Crippen molar-refractivity contribution in [3.05, 3.63) is 228 Å². The van der Waals surface area contributed by atoms with Crippen LogP contribution in [-0.4, -0.2) is 56.6 Å². The van der Waals surface area contributed by atoms with E-state index < -0.39 is 58.0 Å². The van der Waals surface area contributed by atoms with E-state index in [0.29, 0.717) is 11.1 Å². The molecular formula is C60H66N4O8S. The van der Waals surface area contributed by atoms with Gasteiger partial charge in [-0.15, -0.1) is 0 Å². The van der Waals surface area contributed by atoms with Crippen LogP contribution in [0.2, 0.25) is 0 Å². The highest BCUT2D eigenvalue weighted by atomic mass is 32.2. The second-order valence-corrected chi connectivity index (χ2v) is 20.6. The molecule has 4 N–H and O–H groups in total. The molecule has 0 unspecified atom stereocenters. The van der Waals surface area contributed by atoms with Crippen LogP contribution in [0, 0.1) is 11.8 Å². The first-order chi connectivity index (χ1) is 35.2. The zero-order chi connectivity index (χ0) is 52.0. The molecule has 12 nitrogen and oxygen atoms in total. The van der Waals surface area contributed by atoms with Crippen molar-refractivity contribution in [1.29, 1.82) is 0 Å². The first-order valence-electron chi connectivity index (χ1n) is 24.7. The largest absolute Gasteiger partial charge is 0.445 e. The average Bonchev–Trinajstić information content (AvgIpc) is 3.39. The van der Waals surface area contributed by atoms with E-state index in [1.54, 1.807) is 72.8 Å². The van der Waals surface area contributed by atoms with Crippen molar-refractivity contribution < 1.29 is 37.1 Å². The van der Waals surface area contributed by atoms with Gasteiger partial charge in [-0.3, -0.25) is 9.59 Å². The van der Waals surface area contributed by atoms with Crippen LogP contribution in [0.4, 0.5) is 9.59 Å². The molecule has 0 radical (unpaired) electrons. The zero-order valence-corrected chi connectivity index (χ0v) is 42.7. The molecule has 0 heterocycles. The first-order valence-corrected chi connectivity index (χ1v) is 26.1. The minimum atomic E-state index is -4.56. The maximum Gasteiger partial charge on any atom is 0.408 e. The van der Waals surface area contributed by atoms with E-state index in [-0.39, 0.29) is 60.5 Å². The topological polar surface area (TPSA) is 169 Å². The third kappa shape index (κ3) is 17.8. The Morgan fingerprint density at radius 3 is 1.01 bits per heavy atom. The summed E-state index contributed by atoms with van der Waals surface area (Å²) in [5.74, 6) is -1.07. The highest BCUT2D eigenvalue weighted by Crippen LogP contribution is 2.34. The Labute approximate surface area is 430 Å². The number of amides is 4. The summed E-state index contributed by atoms with van der Waals surface area (Å²) >= 11 is 0. The molecule has 6 rings (SSSR count). The van der Waals surface area contributed by atoms with Crippen molar-refractivity contribution in [3.8, 4) is 0 Å². The molecule has 0 aliphatic rings. The Kier molecular flexibility index (Phi) is 20.7. The fraction of sp³-hybridized carbons (Fsp3) is 0.267. The van der Waals surface area contributed by atoms with Crippen molar-refractivity contribution in [2.75, 3.05) is 0 Å². The molecule has 4 amide bonds. The SMILES string of the molecule is CC(C)C[C@H](NC(=O)OCc1ccccc1)C(=O)N[C@H](C=C(c1ccccc1)S(=O)(=O)C(=C[C@H](Cc1ccccc1)NC(=O)[C@H](CC(C)C)NC(=O)OCc1ccccc1)c1ccccc1)Cc1ccccc1. The molecular weight excluding hydrogens is 937 g/mol. The first kappa shape index (κ1) is 54.6. The molecule has 6 aromatic rings. The van der Waals surface area contributed by atoms with E-state index in [1.165, 1.54) is 0 Å². The smallest absolute Gasteiger partial charge is 0.408 e. The molecule has 13 heteroatoms. The quantitative estimate of drug-likeness (QED) is 0.0465. The molecule has 0 saturated carbocycles. The van der Waals surface area contributed by atoms with Gasteiger partial charge in [-0.1, -0.05) is 210 Å². The number of hydrogen-bond acceptors (Lipinski definition) is 8. The molecule has 0 aromatic heterocycles. The number of ether oxygens (including phenoxy) is 2.